The molecule has 31 heavy (non-hydrogen) atoms. The van der Waals surface area contributed by atoms with Gasteiger partial charge in [-0.25, -0.2) is 10.2 Å². The van der Waals surface area contributed by atoms with Gasteiger partial charge in [0.2, 0.25) is 5.91 Å². The van der Waals surface area contributed by atoms with E-state index in [4.69, 9.17) is 4.74 Å². The summed E-state index contributed by atoms with van der Waals surface area (Å²) in [7, 11) is 0. The van der Waals surface area contributed by atoms with Crippen LogP contribution in [-0.4, -0.2) is 28.8 Å². The minimum atomic E-state index is -1.06. The van der Waals surface area contributed by atoms with Gasteiger partial charge in [-0.2, -0.15) is 5.10 Å². The number of para-hydroxylation sites is 1. The lowest BCUT2D eigenvalue weighted by molar-refractivity contribution is -0.145. The van der Waals surface area contributed by atoms with Crippen molar-refractivity contribution in [1.82, 2.24) is 5.43 Å². The molecule has 0 aliphatic carbocycles. The highest BCUT2D eigenvalue weighted by atomic mass is 16.5. The summed E-state index contributed by atoms with van der Waals surface area (Å²) in [6, 6.07) is 28.0. The van der Waals surface area contributed by atoms with E-state index in [2.05, 4.69) is 10.5 Å². The number of amides is 1. The zero-order valence-electron chi connectivity index (χ0n) is 17.0. The third-order valence-corrected chi connectivity index (χ3v) is 4.55. The highest BCUT2D eigenvalue weighted by Gasteiger charge is 2.19. The smallest absolute Gasteiger partial charge is 0.344 e. The molecular formula is C25H24N2O4. The first-order chi connectivity index (χ1) is 15.1. The van der Waals surface area contributed by atoms with E-state index in [1.807, 2.05) is 66.7 Å². The molecule has 3 aromatic carbocycles. The molecule has 0 aliphatic rings. The maximum absolute atomic E-state index is 12.3. The van der Waals surface area contributed by atoms with Crippen LogP contribution in [0.3, 0.4) is 0 Å². The molecule has 0 aliphatic heterocycles. The number of carboxylic acid groups (broad SMARTS) is 1. The van der Waals surface area contributed by atoms with Gasteiger partial charge in [-0.05, 0) is 25.0 Å². The molecule has 1 unspecified atom stereocenters. The summed E-state index contributed by atoms with van der Waals surface area (Å²) >= 11 is 0. The molecule has 0 aromatic heterocycles. The SMILES string of the molecule is O=C(CCCC(Oc1ccccc1)C(=O)O)NN=C(c1ccccc1)c1ccccc1. The molecule has 2 N–H and O–H groups in total. The molecule has 1 atom stereocenters. The van der Waals surface area contributed by atoms with E-state index in [1.54, 1.807) is 24.3 Å². The standard InChI is InChI=1S/C25H24N2O4/c28-23(18-10-17-22(25(29)30)31-21-15-8-3-9-16-21)26-27-24(19-11-4-1-5-12-19)20-13-6-2-7-14-20/h1-9,11-16,22H,10,17-18H2,(H,26,28)(H,29,30). The van der Waals surface area contributed by atoms with Gasteiger partial charge in [0, 0.05) is 17.5 Å². The number of aliphatic carboxylic acids is 1. The van der Waals surface area contributed by atoms with Crippen molar-refractivity contribution in [3.63, 3.8) is 0 Å². The number of carboxylic acids is 1. The Bertz CT molecular complexity index is 964. The number of hydrogen-bond donors (Lipinski definition) is 2. The van der Waals surface area contributed by atoms with Gasteiger partial charge in [0.1, 0.15) is 5.75 Å². The van der Waals surface area contributed by atoms with E-state index in [0.717, 1.165) is 11.1 Å². The van der Waals surface area contributed by atoms with Crippen molar-refractivity contribution in [2.45, 2.75) is 25.4 Å². The summed E-state index contributed by atoms with van der Waals surface area (Å²) in [6.45, 7) is 0. The average Bonchev–Trinajstić information content (AvgIpc) is 2.80. The highest BCUT2D eigenvalue weighted by molar-refractivity contribution is 6.13. The van der Waals surface area contributed by atoms with E-state index in [9.17, 15) is 14.7 Å². The summed E-state index contributed by atoms with van der Waals surface area (Å²) in [5.41, 5.74) is 5.02. The summed E-state index contributed by atoms with van der Waals surface area (Å²) in [5, 5.41) is 13.7. The minimum absolute atomic E-state index is 0.141. The number of nitrogens with zero attached hydrogens (tertiary/aromatic N) is 1. The van der Waals surface area contributed by atoms with E-state index in [0.29, 0.717) is 17.9 Å². The zero-order valence-corrected chi connectivity index (χ0v) is 17.0. The first-order valence-electron chi connectivity index (χ1n) is 10.1. The van der Waals surface area contributed by atoms with Crippen LogP contribution in [0.25, 0.3) is 0 Å². The number of carbonyl (C=O) groups is 2. The quantitative estimate of drug-likeness (QED) is 0.382. The highest BCUT2D eigenvalue weighted by Crippen LogP contribution is 2.15. The number of hydrogen-bond acceptors (Lipinski definition) is 4. The molecule has 6 heteroatoms. The maximum atomic E-state index is 12.3. The van der Waals surface area contributed by atoms with Crippen LogP contribution in [0.15, 0.2) is 96.1 Å². The van der Waals surface area contributed by atoms with Crippen molar-refractivity contribution < 1.29 is 19.4 Å². The Morgan fingerprint density at radius 1 is 0.839 bits per heavy atom. The summed E-state index contributed by atoms with van der Waals surface area (Å²) in [6.07, 6.45) is -0.298. The van der Waals surface area contributed by atoms with Crippen molar-refractivity contribution in [3.8, 4) is 5.75 Å². The molecule has 6 nitrogen and oxygen atoms in total. The first kappa shape index (κ1) is 21.8. The van der Waals surface area contributed by atoms with Gasteiger partial charge in [-0.15, -0.1) is 0 Å². The lowest BCUT2D eigenvalue weighted by atomic mass is 10.0. The van der Waals surface area contributed by atoms with Crippen molar-refractivity contribution in [2.24, 2.45) is 5.10 Å². The van der Waals surface area contributed by atoms with Gasteiger partial charge in [-0.3, -0.25) is 4.79 Å². The lowest BCUT2D eigenvalue weighted by Gasteiger charge is -2.14. The molecule has 0 bridgehead atoms. The van der Waals surface area contributed by atoms with Gasteiger partial charge < -0.3 is 9.84 Å². The van der Waals surface area contributed by atoms with Crippen LogP contribution in [0.2, 0.25) is 0 Å². The lowest BCUT2D eigenvalue weighted by Crippen LogP contribution is -2.28. The van der Waals surface area contributed by atoms with Crippen LogP contribution >= 0.6 is 0 Å². The maximum Gasteiger partial charge on any atom is 0.344 e. The third kappa shape index (κ3) is 6.82. The molecule has 1 amide bonds. The predicted molar refractivity (Wildman–Crippen MR) is 119 cm³/mol. The largest absolute Gasteiger partial charge is 0.479 e. The minimum Gasteiger partial charge on any atom is -0.479 e. The Kier molecular flexibility index (Phi) is 7.94. The van der Waals surface area contributed by atoms with Crippen molar-refractivity contribution in [2.75, 3.05) is 0 Å². The fourth-order valence-electron chi connectivity index (χ4n) is 3.01. The summed E-state index contributed by atoms with van der Waals surface area (Å²) < 4.78 is 5.51. The normalized spacial score (nSPS) is 11.2. The number of benzene rings is 3. The molecule has 0 saturated heterocycles. The number of nitrogens with one attached hydrogen (secondary N) is 1. The topological polar surface area (TPSA) is 88.0 Å². The Labute approximate surface area is 181 Å². The van der Waals surface area contributed by atoms with Crippen molar-refractivity contribution in [3.05, 3.63) is 102 Å². The van der Waals surface area contributed by atoms with Crippen LogP contribution in [0.5, 0.6) is 5.75 Å². The first-order valence-corrected chi connectivity index (χ1v) is 10.1. The summed E-state index contributed by atoms with van der Waals surface area (Å²) in [5.74, 6) is -0.856. The second-order valence-electron chi connectivity index (χ2n) is 6.88. The fourth-order valence-corrected chi connectivity index (χ4v) is 3.01. The fraction of sp³-hybridized carbons (Fsp3) is 0.160. The van der Waals surface area contributed by atoms with E-state index in [1.165, 1.54) is 0 Å². The van der Waals surface area contributed by atoms with Gasteiger partial charge in [0.25, 0.3) is 0 Å². The Morgan fingerprint density at radius 3 is 1.87 bits per heavy atom. The van der Waals surface area contributed by atoms with Crippen LogP contribution < -0.4 is 10.2 Å². The van der Waals surface area contributed by atoms with E-state index >= 15 is 0 Å². The third-order valence-electron chi connectivity index (χ3n) is 4.55. The van der Waals surface area contributed by atoms with Gasteiger partial charge >= 0.3 is 5.97 Å². The second-order valence-corrected chi connectivity index (χ2v) is 6.88. The molecule has 3 aromatic rings. The predicted octanol–water partition coefficient (Wildman–Crippen LogP) is 4.26. The average molecular weight is 416 g/mol. The Balaban J connectivity index is 1.58. The Hall–Kier alpha value is -3.93. The molecule has 158 valence electrons. The summed E-state index contributed by atoms with van der Waals surface area (Å²) in [4.78, 5) is 23.8. The van der Waals surface area contributed by atoms with Gasteiger partial charge in [-0.1, -0.05) is 78.9 Å². The van der Waals surface area contributed by atoms with Gasteiger partial charge in [0.15, 0.2) is 6.10 Å². The van der Waals surface area contributed by atoms with E-state index in [-0.39, 0.29) is 18.7 Å². The van der Waals surface area contributed by atoms with Gasteiger partial charge in [0.05, 0.1) is 5.71 Å². The van der Waals surface area contributed by atoms with Crippen LogP contribution in [0.1, 0.15) is 30.4 Å². The molecule has 0 heterocycles. The van der Waals surface area contributed by atoms with Crippen LogP contribution in [0, 0.1) is 0 Å². The van der Waals surface area contributed by atoms with Crippen molar-refractivity contribution in [1.29, 1.82) is 0 Å². The Morgan fingerprint density at radius 2 is 1.35 bits per heavy atom. The van der Waals surface area contributed by atoms with Crippen LogP contribution in [-0.2, 0) is 9.59 Å². The van der Waals surface area contributed by atoms with Crippen molar-refractivity contribution >= 4 is 17.6 Å². The monoisotopic (exact) mass is 416 g/mol. The molecule has 3 rings (SSSR count). The molecular weight excluding hydrogens is 392 g/mol. The number of rotatable bonds is 10. The second kappa shape index (κ2) is 11.3. The molecule has 0 fully saturated rings. The van der Waals surface area contributed by atoms with Crippen LogP contribution in [0.4, 0.5) is 0 Å². The number of carbonyl (C=O) groups excluding carboxylic acids is 1. The molecule has 0 spiro atoms. The molecule has 0 saturated carbocycles. The number of hydrazone groups is 1. The zero-order chi connectivity index (χ0) is 21.9. The van der Waals surface area contributed by atoms with E-state index < -0.39 is 12.1 Å². The molecule has 0 radical (unpaired) electrons. The number of ether oxygens (including phenoxy) is 1.